The van der Waals surface area contributed by atoms with Crippen LogP contribution in [-0.2, 0) is 6.54 Å². The zero-order valence-corrected chi connectivity index (χ0v) is 14.5. The predicted octanol–water partition coefficient (Wildman–Crippen LogP) is 3.69. The molecule has 2 rings (SSSR count). The molecule has 2 aromatic rings. The number of nitrogens with one attached hydrogen (secondary N) is 2. The van der Waals surface area contributed by atoms with Gasteiger partial charge in [-0.3, -0.25) is 0 Å². The van der Waals surface area contributed by atoms with E-state index in [0.717, 1.165) is 11.1 Å². The smallest absolute Gasteiger partial charge is 0.315 e. The average Bonchev–Trinajstić information content (AvgIpc) is 2.57. The largest absolute Gasteiger partial charge is 0.393 e. The van der Waals surface area contributed by atoms with Crippen molar-refractivity contribution < 1.29 is 9.90 Å². The zero-order chi connectivity index (χ0) is 17.4. The Morgan fingerprint density at radius 1 is 1.12 bits per heavy atom. The lowest BCUT2D eigenvalue weighted by Crippen LogP contribution is -2.37. The van der Waals surface area contributed by atoms with Gasteiger partial charge in [0.15, 0.2) is 0 Å². The van der Waals surface area contributed by atoms with Crippen molar-refractivity contribution in [3.63, 3.8) is 0 Å². The topological polar surface area (TPSA) is 61.4 Å². The van der Waals surface area contributed by atoms with Gasteiger partial charge in [-0.2, -0.15) is 0 Å². The normalized spacial score (nSPS) is 13.1. The fourth-order valence-electron chi connectivity index (χ4n) is 2.58. The Kier molecular flexibility index (Phi) is 7.09. The van der Waals surface area contributed by atoms with Crippen LogP contribution in [0.5, 0.6) is 0 Å². The molecule has 0 saturated heterocycles. The summed E-state index contributed by atoms with van der Waals surface area (Å²) in [6.07, 6.45) is 0.171. The molecule has 0 spiro atoms. The molecule has 0 bridgehead atoms. The highest BCUT2D eigenvalue weighted by atomic mass is 35.5. The van der Waals surface area contributed by atoms with Gasteiger partial charge in [0, 0.05) is 24.0 Å². The number of aliphatic hydroxyl groups is 1. The molecule has 0 aliphatic carbocycles. The van der Waals surface area contributed by atoms with E-state index in [0.29, 0.717) is 24.5 Å². The van der Waals surface area contributed by atoms with Gasteiger partial charge in [-0.15, -0.1) is 0 Å². The third-order valence-corrected chi connectivity index (χ3v) is 3.98. The summed E-state index contributed by atoms with van der Waals surface area (Å²) in [5.41, 5.74) is 2.05. The summed E-state index contributed by atoms with van der Waals surface area (Å²) in [4.78, 5) is 12.0. The quantitative estimate of drug-likeness (QED) is 0.716. The lowest BCUT2D eigenvalue weighted by Gasteiger charge is -2.20. The van der Waals surface area contributed by atoms with Crippen LogP contribution in [0.3, 0.4) is 0 Å². The Morgan fingerprint density at radius 3 is 2.54 bits per heavy atom. The number of urea groups is 1. The molecule has 24 heavy (non-hydrogen) atoms. The van der Waals surface area contributed by atoms with Crippen LogP contribution in [0.2, 0.25) is 5.02 Å². The zero-order valence-electron chi connectivity index (χ0n) is 13.7. The number of amides is 2. The van der Waals surface area contributed by atoms with Gasteiger partial charge < -0.3 is 15.7 Å². The standard InChI is InChI=1S/C19H23ClN2O2/c1-14(23)10-17(16-7-3-2-4-8-16)13-22-19(24)21-12-15-6-5-9-18(20)11-15/h2-9,11,14,17,23H,10,12-13H2,1H3,(H2,21,22,24). The number of carbonyl (C=O) groups is 1. The molecule has 4 nitrogen and oxygen atoms in total. The summed E-state index contributed by atoms with van der Waals surface area (Å²) in [6, 6.07) is 17.0. The van der Waals surface area contributed by atoms with E-state index in [-0.39, 0.29) is 11.9 Å². The Morgan fingerprint density at radius 2 is 1.88 bits per heavy atom. The van der Waals surface area contributed by atoms with Gasteiger partial charge >= 0.3 is 6.03 Å². The molecule has 0 fully saturated rings. The first-order chi connectivity index (χ1) is 11.5. The van der Waals surface area contributed by atoms with Gasteiger partial charge in [-0.05, 0) is 36.6 Å². The van der Waals surface area contributed by atoms with Gasteiger partial charge in [0.2, 0.25) is 0 Å². The van der Waals surface area contributed by atoms with E-state index in [9.17, 15) is 9.90 Å². The van der Waals surface area contributed by atoms with Gasteiger partial charge in [-0.25, -0.2) is 4.79 Å². The minimum atomic E-state index is -0.425. The second-order valence-corrected chi connectivity index (χ2v) is 6.32. The molecule has 0 heterocycles. The van der Waals surface area contributed by atoms with Crippen LogP contribution in [-0.4, -0.2) is 23.8 Å². The van der Waals surface area contributed by atoms with Crippen LogP contribution in [0.25, 0.3) is 0 Å². The van der Waals surface area contributed by atoms with E-state index in [1.165, 1.54) is 0 Å². The van der Waals surface area contributed by atoms with E-state index in [1.807, 2.05) is 48.5 Å². The third kappa shape index (κ3) is 6.22. The monoisotopic (exact) mass is 346 g/mol. The second-order valence-electron chi connectivity index (χ2n) is 5.89. The van der Waals surface area contributed by atoms with Gasteiger partial charge in [-0.1, -0.05) is 54.1 Å². The first-order valence-electron chi connectivity index (χ1n) is 8.03. The van der Waals surface area contributed by atoms with E-state index in [4.69, 9.17) is 11.6 Å². The number of rotatable bonds is 7. The van der Waals surface area contributed by atoms with Crippen molar-refractivity contribution >= 4 is 17.6 Å². The molecule has 0 aliphatic heterocycles. The van der Waals surface area contributed by atoms with Crippen LogP contribution in [0, 0.1) is 0 Å². The van der Waals surface area contributed by atoms with Gasteiger partial charge in [0.05, 0.1) is 6.10 Å². The molecule has 3 N–H and O–H groups in total. The van der Waals surface area contributed by atoms with E-state index >= 15 is 0 Å². The van der Waals surface area contributed by atoms with E-state index in [1.54, 1.807) is 13.0 Å². The fourth-order valence-corrected chi connectivity index (χ4v) is 2.79. The van der Waals surface area contributed by atoms with E-state index in [2.05, 4.69) is 10.6 Å². The Labute approximate surface area is 147 Å². The highest BCUT2D eigenvalue weighted by molar-refractivity contribution is 6.30. The van der Waals surface area contributed by atoms with Crippen molar-refractivity contribution in [2.24, 2.45) is 0 Å². The summed E-state index contributed by atoms with van der Waals surface area (Å²) in [5, 5.41) is 16.0. The van der Waals surface area contributed by atoms with Gasteiger partial charge in [0.1, 0.15) is 0 Å². The highest BCUT2D eigenvalue weighted by Gasteiger charge is 2.15. The summed E-state index contributed by atoms with van der Waals surface area (Å²) < 4.78 is 0. The molecule has 128 valence electrons. The molecular formula is C19H23ClN2O2. The van der Waals surface area contributed by atoms with Crippen LogP contribution in [0.1, 0.15) is 30.4 Å². The predicted molar refractivity (Wildman–Crippen MR) is 97.2 cm³/mol. The molecule has 2 aromatic carbocycles. The Hall–Kier alpha value is -2.04. The van der Waals surface area contributed by atoms with Crippen molar-refractivity contribution in [1.29, 1.82) is 0 Å². The number of benzene rings is 2. The molecule has 0 saturated carbocycles. The van der Waals surface area contributed by atoms with Crippen molar-refractivity contribution in [1.82, 2.24) is 10.6 Å². The van der Waals surface area contributed by atoms with Crippen LogP contribution < -0.4 is 10.6 Å². The minimum Gasteiger partial charge on any atom is -0.393 e. The number of carbonyl (C=O) groups excluding carboxylic acids is 1. The van der Waals surface area contributed by atoms with Crippen molar-refractivity contribution in [3.8, 4) is 0 Å². The molecule has 0 aliphatic rings. The lowest BCUT2D eigenvalue weighted by molar-refractivity contribution is 0.173. The molecule has 0 aromatic heterocycles. The number of hydrogen-bond donors (Lipinski definition) is 3. The first-order valence-corrected chi connectivity index (χ1v) is 8.41. The summed E-state index contributed by atoms with van der Waals surface area (Å²) >= 11 is 5.93. The van der Waals surface area contributed by atoms with Crippen molar-refractivity contribution in [2.75, 3.05) is 6.54 Å². The highest BCUT2D eigenvalue weighted by Crippen LogP contribution is 2.20. The summed E-state index contributed by atoms with van der Waals surface area (Å²) in [5.74, 6) is 0.0723. The molecule has 0 radical (unpaired) electrons. The maximum Gasteiger partial charge on any atom is 0.315 e. The van der Waals surface area contributed by atoms with Gasteiger partial charge in [0.25, 0.3) is 0 Å². The number of halogens is 1. The van der Waals surface area contributed by atoms with Crippen LogP contribution in [0.15, 0.2) is 54.6 Å². The van der Waals surface area contributed by atoms with Crippen molar-refractivity contribution in [2.45, 2.75) is 31.9 Å². The average molecular weight is 347 g/mol. The molecule has 2 atom stereocenters. The second kappa shape index (κ2) is 9.30. The Bertz CT molecular complexity index is 647. The third-order valence-electron chi connectivity index (χ3n) is 3.75. The number of aliphatic hydroxyl groups excluding tert-OH is 1. The first kappa shape index (κ1) is 18.3. The Balaban J connectivity index is 1.85. The molecular weight excluding hydrogens is 324 g/mol. The molecule has 2 unspecified atom stereocenters. The molecule has 5 heteroatoms. The lowest BCUT2D eigenvalue weighted by atomic mass is 9.93. The van der Waals surface area contributed by atoms with E-state index < -0.39 is 6.10 Å². The molecule has 2 amide bonds. The summed E-state index contributed by atoms with van der Waals surface area (Å²) in [7, 11) is 0. The number of hydrogen-bond acceptors (Lipinski definition) is 2. The van der Waals surface area contributed by atoms with Crippen LogP contribution >= 0.6 is 11.6 Å². The maximum absolute atomic E-state index is 12.0. The van der Waals surface area contributed by atoms with Crippen LogP contribution in [0.4, 0.5) is 4.79 Å². The SMILES string of the molecule is CC(O)CC(CNC(=O)NCc1cccc(Cl)c1)c1ccccc1. The minimum absolute atomic E-state index is 0.0723. The fraction of sp³-hybridized carbons (Fsp3) is 0.316. The maximum atomic E-state index is 12.0. The van der Waals surface area contributed by atoms with Crippen molar-refractivity contribution in [3.05, 3.63) is 70.7 Å². The summed E-state index contributed by atoms with van der Waals surface area (Å²) in [6.45, 7) is 2.64.